The molecular weight excluding hydrogens is 451 g/mol. The summed E-state index contributed by atoms with van der Waals surface area (Å²) < 4.78 is 0. The van der Waals surface area contributed by atoms with Gasteiger partial charge in [-0.15, -0.1) is 0 Å². The van der Waals surface area contributed by atoms with Gasteiger partial charge in [0.1, 0.15) is 6.04 Å². The van der Waals surface area contributed by atoms with Crippen molar-refractivity contribution in [2.45, 2.75) is 13.0 Å². The highest BCUT2D eigenvalue weighted by atomic mass is 35.5. The summed E-state index contributed by atoms with van der Waals surface area (Å²) in [5, 5.41) is 3.20. The van der Waals surface area contributed by atoms with E-state index < -0.39 is 29.5 Å². The van der Waals surface area contributed by atoms with E-state index in [4.69, 9.17) is 23.2 Å². The lowest BCUT2D eigenvalue weighted by Gasteiger charge is -2.22. The van der Waals surface area contributed by atoms with Crippen LogP contribution in [0, 0.1) is 0 Å². The molecule has 1 aliphatic rings. The minimum absolute atomic E-state index is 0.133. The molecule has 0 spiro atoms. The zero-order chi connectivity index (χ0) is 23.0. The highest BCUT2D eigenvalue weighted by Gasteiger charge is 2.40. The van der Waals surface area contributed by atoms with Crippen LogP contribution >= 0.6 is 23.2 Å². The Hall–Kier alpha value is -3.48. The number of rotatable bonds is 5. The Morgan fingerprint density at radius 2 is 1.44 bits per heavy atom. The van der Waals surface area contributed by atoms with Crippen LogP contribution in [0.2, 0.25) is 10.0 Å². The van der Waals surface area contributed by atoms with Gasteiger partial charge < -0.3 is 5.32 Å². The maximum Gasteiger partial charge on any atom is 0.262 e. The van der Waals surface area contributed by atoms with E-state index in [1.807, 2.05) is 0 Å². The average molecular weight is 467 g/mol. The number of fused-ring (bicyclic) bond motifs is 1. The molecule has 0 aliphatic carbocycles. The Balaban J connectivity index is 1.62. The molecule has 0 unspecified atom stereocenters. The van der Waals surface area contributed by atoms with Crippen molar-refractivity contribution in [1.29, 1.82) is 0 Å². The van der Waals surface area contributed by atoms with E-state index in [1.54, 1.807) is 48.5 Å². The second kappa shape index (κ2) is 8.57. The normalized spacial score (nSPS) is 13.7. The van der Waals surface area contributed by atoms with Gasteiger partial charge in [-0.25, -0.2) is 0 Å². The monoisotopic (exact) mass is 466 g/mol. The van der Waals surface area contributed by atoms with E-state index in [9.17, 15) is 19.2 Å². The largest absolute Gasteiger partial charge is 0.324 e. The number of hydrogen-bond acceptors (Lipinski definition) is 4. The average Bonchev–Trinajstić information content (AvgIpc) is 3.04. The molecule has 3 aromatic carbocycles. The third-order valence-electron chi connectivity index (χ3n) is 5.19. The molecule has 1 N–H and O–H groups in total. The van der Waals surface area contributed by atoms with E-state index in [2.05, 4.69) is 5.32 Å². The Kier molecular flexibility index (Phi) is 5.82. The summed E-state index contributed by atoms with van der Waals surface area (Å²) in [5.74, 6) is -2.15. The molecule has 0 saturated carbocycles. The van der Waals surface area contributed by atoms with Gasteiger partial charge in [-0.3, -0.25) is 24.1 Å². The number of nitrogens with one attached hydrogen (secondary N) is 1. The van der Waals surface area contributed by atoms with Crippen molar-refractivity contribution in [1.82, 2.24) is 4.90 Å². The van der Waals surface area contributed by atoms with E-state index in [0.29, 0.717) is 5.02 Å². The number of carbonyl (C=O) groups excluding carboxylic acids is 4. The van der Waals surface area contributed by atoms with Crippen molar-refractivity contribution in [3.05, 3.63) is 99.0 Å². The van der Waals surface area contributed by atoms with Gasteiger partial charge in [0.15, 0.2) is 5.78 Å². The van der Waals surface area contributed by atoms with Crippen LogP contribution < -0.4 is 5.32 Å². The minimum Gasteiger partial charge on any atom is -0.324 e. The lowest BCUT2D eigenvalue weighted by Crippen LogP contribution is -2.45. The molecule has 1 heterocycles. The fourth-order valence-electron chi connectivity index (χ4n) is 3.52. The highest BCUT2D eigenvalue weighted by Crippen LogP contribution is 2.28. The Morgan fingerprint density at radius 3 is 2.06 bits per heavy atom. The smallest absolute Gasteiger partial charge is 0.262 e. The summed E-state index contributed by atoms with van der Waals surface area (Å²) >= 11 is 12.2. The maximum atomic E-state index is 13.1. The third kappa shape index (κ3) is 3.79. The van der Waals surface area contributed by atoms with Crippen molar-refractivity contribution in [2.24, 2.45) is 0 Å². The summed E-state index contributed by atoms with van der Waals surface area (Å²) in [6.45, 7) is 1.45. The number of carbonyl (C=O) groups is 4. The molecular formula is C24H16Cl2N2O4. The molecule has 1 atom stereocenters. The summed E-state index contributed by atoms with van der Waals surface area (Å²) in [6, 6.07) is 16.2. The summed E-state index contributed by atoms with van der Waals surface area (Å²) in [6.07, 6.45) is 0. The van der Waals surface area contributed by atoms with Crippen LogP contribution in [0.4, 0.5) is 5.69 Å². The van der Waals surface area contributed by atoms with E-state index in [1.165, 1.54) is 25.1 Å². The van der Waals surface area contributed by atoms with Crippen LogP contribution in [0.5, 0.6) is 0 Å². The van der Waals surface area contributed by atoms with Crippen molar-refractivity contribution in [2.75, 3.05) is 5.32 Å². The number of anilines is 1. The number of imide groups is 1. The molecule has 0 fully saturated rings. The van der Waals surface area contributed by atoms with Crippen molar-refractivity contribution in [3.8, 4) is 0 Å². The lowest BCUT2D eigenvalue weighted by molar-refractivity contribution is -0.119. The highest BCUT2D eigenvalue weighted by molar-refractivity contribution is 6.36. The zero-order valence-corrected chi connectivity index (χ0v) is 18.3. The molecule has 0 aromatic heterocycles. The van der Waals surface area contributed by atoms with Crippen LogP contribution in [0.25, 0.3) is 0 Å². The number of ketones is 1. The van der Waals surface area contributed by atoms with Crippen LogP contribution in [-0.2, 0) is 4.79 Å². The van der Waals surface area contributed by atoms with Gasteiger partial charge in [0, 0.05) is 16.1 Å². The second-order valence-electron chi connectivity index (χ2n) is 7.19. The van der Waals surface area contributed by atoms with E-state index in [-0.39, 0.29) is 33.0 Å². The standard InChI is InChI=1S/C24H16Cl2N2O4/c1-13(28-23(31)15-6-2-3-7-16(15)24(28)32)22(30)27-20-11-10-14(25)12-18(20)21(29)17-8-4-5-9-19(17)26/h2-13H,1H3,(H,27,30)/t13-/m1/s1. The van der Waals surface area contributed by atoms with Gasteiger partial charge in [0.25, 0.3) is 11.8 Å². The molecule has 0 saturated heterocycles. The molecule has 4 rings (SSSR count). The maximum absolute atomic E-state index is 13.1. The number of halogens is 2. The first-order valence-corrected chi connectivity index (χ1v) is 10.4. The number of hydrogen-bond donors (Lipinski definition) is 1. The molecule has 3 aromatic rings. The van der Waals surface area contributed by atoms with Gasteiger partial charge in [-0.2, -0.15) is 0 Å². The van der Waals surface area contributed by atoms with Gasteiger partial charge >= 0.3 is 0 Å². The SMILES string of the molecule is C[C@H](C(=O)Nc1ccc(Cl)cc1C(=O)c1ccccc1Cl)N1C(=O)c2ccccc2C1=O. The third-order valence-corrected chi connectivity index (χ3v) is 5.76. The predicted molar refractivity (Wildman–Crippen MR) is 121 cm³/mol. The zero-order valence-electron chi connectivity index (χ0n) is 16.8. The first-order chi connectivity index (χ1) is 15.3. The van der Waals surface area contributed by atoms with E-state index in [0.717, 1.165) is 4.90 Å². The first kappa shape index (κ1) is 21.7. The quantitative estimate of drug-likeness (QED) is 0.430. The summed E-state index contributed by atoms with van der Waals surface area (Å²) in [4.78, 5) is 52.3. The second-order valence-corrected chi connectivity index (χ2v) is 8.03. The van der Waals surface area contributed by atoms with Crippen LogP contribution in [0.1, 0.15) is 43.6 Å². The van der Waals surface area contributed by atoms with Crippen molar-refractivity contribution < 1.29 is 19.2 Å². The van der Waals surface area contributed by atoms with Crippen molar-refractivity contribution in [3.63, 3.8) is 0 Å². The first-order valence-electron chi connectivity index (χ1n) is 9.66. The molecule has 32 heavy (non-hydrogen) atoms. The lowest BCUT2D eigenvalue weighted by atomic mass is 10.0. The molecule has 160 valence electrons. The topological polar surface area (TPSA) is 83.6 Å². The fourth-order valence-corrected chi connectivity index (χ4v) is 3.91. The molecule has 6 nitrogen and oxygen atoms in total. The molecule has 1 aliphatic heterocycles. The summed E-state index contributed by atoms with van der Waals surface area (Å²) in [7, 11) is 0. The predicted octanol–water partition coefficient (Wildman–Crippen LogP) is 4.85. The van der Waals surface area contributed by atoms with Crippen LogP contribution in [-0.4, -0.2) is 34.4 Å². The van der Waals surface area contributed by atoms with E-state index >= 15 is 0 Å². The molecule has 0 radical (unpaired) electrons. The minimum atomic E-state index is -1.11. The Labute approximate surface area is 193 Å². The van der Waals surface area contributed by atoms with Gasteiger partial charge in [0.2, 0.25) is 5.91 Å². The Bertz CT molecular complexity index is 1250. The van der Waals surface area contributed by atoms with Gasteiger partial charge in [-0.1, -0.05) is 47.5 Å². The van der Waals surface area contributed by atoms with Crippen molar-refractivity contribution >= 4 is 52.4 Å². The number of benzene rings is 3. The Morgan fingerprint density at radius 1 is 0.844 bits per heavy atom. The number of nitrogens with zero attached hydrogens (tertiary/aromatic N) is 1. The molecule has 3 amide bonds. The van der Waals surface area contributed by atoms with Crippen LogP contribution in [0.3, 0.4) is 0 Å². The van der Waals surface area contributed by atoms with Gasteiger partial charge in [-0.05, 0) is 49.4 Å². The van der Waals surface area contributed by atoms with Crippen LogP contribution in [0.15, 0.2) is 66.7 Å². The molecule has 0 bridgehead atoms. The summed E-state index contributed by atoms with van der Waals surface area (Å²) in [5.41, 5.74) is 1.07. The van der Waals surface area contributed by atoms with Gasteiger partial charge in [0.05, 0.1) is 21.8 Å². The number of amides is 3. The molecule has 8 heteroatoms. The fraction of sp³-hybridized carbons (Fsp3) is 0.0833.